The molecule has 0 saturated carbocycles. The smallest absolute Gasteiger partial charge is 0.228 e. The zero-order valence-corrected chi connectivity index (χ0v) is 8.63. The summed E-state index contributed by atoms with van der Waals surface area (Å²) in [6.07, 6.45) is 0.980. The molecule has 0 amide bonds. The van der Waals surface area contributed by atoms with E-state index >= 15 is 0 Å². The number of halogens is 4. The van der Waals surface area contributed by atoms with Crippen LogP contribution in [0.25, 0.3) is 5.57 Å². The highest BCUT2D eigenvalue weighted by atomic mass is 19.4. The number of alkyl halides is 3. The molecule has 0 saturated heterocycles. The predicted molar refractivity (Wildman–Crippen MR) is 55.2 cm³/mol. The lowest BCUT2D eigenvalue weighted by atomic mass is 9.92. The first-order valence-electron chi connectivity index (χ1n) is 4.91. The highest BCUT2D eigenvalue weighted by Crippen LogP contribution is 2.37. The molecule has 5 heteroatoms. The van der Waals surface area contributed by atoms with E-state index < -0.39 is 17.7 Å². The first-order chi connectivity index (χ1) is 7.98. The van der Waals surface area contributed by atoms with Gasteiger partial charge in [-0.1, -0.05) is 12.2 Å². The lowest BCUT2D eigenvalue weighted by Crippen LogP contribution is -2.14. The third-order valence-electron chi connectivity index (χ3n) is 2.38. The monoisotopic (exact) mass is 242 g/mol. The topological polar surface area (TPSA) is 12.9 Å². The van der Waals surface area contributed by atoms with E-state index in [9.17, 15) is 17.6 Å². The minimum absolute atomic E-state index is 0.00120. The number of aromatic nitrogens is 1. The average Bonchev–Trinajstić information content (AvgIpc) is 2.28. The third kappa shape index (κ3) is 2.54. The van der Waals surface area contributed by atoms with Gasteiger partial charge >= 0.3 is 6.18 Å². The van der Waals surface area contributed by atoms with Crippen molar-refractivity contribution in [1.29, 1.82) is 0 Å². The Kier molecular flexibility index (Phi) is 3.00. The molecule has 1 aliphatic carbocycles. The van der Waals surface area contributed by atoms with E-state index in [2.05, 4.69) is 4.98 Å². The van der Waals surface area contributed by atoms with Gasteiger partial charge in [0.15, 0.2) is 0 Å². The summed E-state index contributed by atoms with van der Waals surface area (Å²) < 4.78 is 51.1. The summed E-state index contributed by atoms with van der Waals surface area (Å²) in [5.74, 6) is -0.792. The molecule has 1 aromatic heterocycles. The fourth-order valence-electron chi connectivity index (χ4n) is 1.66. The Labute approximate surface area is 95.5 Å². The molecular weight excluding hydrogens is 234 g/mol. The van der Waals surface area contributed by atoms with Gasteiger partial charge in [0, 0.05) is 12.3 Å². The van der Waals surface area contributed by atoms with Gasteiger partial charge in [0.1, 0.15) is 0 Å². The van der Waals surface area contributed by atoms with Gasteiger partial charge in [0.05, 0.1) is 5.57 Å². The molecule has 0 aromatic carbocycles. The first kappa shape index (κ1) is 11.8. The maximum Gasteiger partial charge on any atom is 0.416 e. The van der Waals surface area contributed by atoms with E-state index in [1.165, 1.54) is 18.6 Å². The number of allylic oxidation sites excluding steroid dienone is 4. The zero-order chi connectivity index (χ0) is 12.5. The van der Waals surface area contributed by atoms with Crippen molar-refractivity contribution >= 4 is 5.57 Å². The Bertz CT molecular complexity index is 486. The van der Waals surface area contributed by atoms with Crippen LogP contribution in [0.5, 0.6) is 0 Å². The van der Waals surface area contributed by atoms with E-state index in [1.54, 1.807) is 0 Å². The van der Waals surface area contributed by atoms with E-state index in [0.717, 1.165) is 18.3 Å². The molecule has 17 heavy (non-hydrogen) atoms. The summed E-state index contributed by atoms with van der Waals surface area (Å²) >= 11 is 0. The molecule has 0 unspecified atom stereocenters. The summed E-state index contributed by atoms with van der Waals surface area (Å²) in [6.45, 7) is 0. The summed E-state index contributed by atoms with van der Waals surface area (Å²) in [5.41, 5.74) is -0.565. The van der Waals surface area contributed by atoms with Crippen molar-refractivity contribution in [3.63, 3.8) is 0 Å². The molecule has 1 nitrogen and oxygen atoms in total. The van der Waals surface area contributed by atoms with Crippen LogP contribution < -0.4 is 0 Å². The Hall–Kier alpha value is -1.65. The second-order valence-corrected chi connectivity index (χ2v) is 3.53. The Morgan fingerprint density at radius 2 is 2.00 bits per heavy atom. The summed E-state index contributed by atoms with van der Waals surface area (Å²) in [4.78, 5) is 3.32. The van der Waals surface area contributed by atoms with Gasteiger partial charge in [-0.05, 0) is 30.0 Å². The van der Waals surface area contributed by atoms with Gasteiger partial charge in [-0.15, -0.1) is 0 Å². The quantitative estimate of drug-likeness (QED) is 0.540. The van der Waals surface area contributed by atoms with Crippen LogP contribution in [0.4, 0.5) is 17.6 Å². The predicted octanol–water partition coefficient (Wildman–Crippen LogP) is 3.70. The van der Waals surface area contributed by atoms with Gasteiger partial charge in [0.2, 0.25) is 5.95 Å². The lowest BCUT2D eigenvalue weighted by molar-refractivity contribution is -0.0877. The largest absolute Gasteiger partial charge is 0.416 e. The first-order valence-corrected chi connectivity index (χ1v) is 4.91. The molecule has 0 atom stereocenters. The molecule has 89 valence electrons. The molecule has 0 spiro atoms. The normalized spacial score (nSPS) is 16.5. The second kappa shape index (κ2) is 4.31. The third-order valence-corrected chi connectivity index (χ3v) is 2.38. The van der Waals surface area contributed by atoms with Gasteiger partial charge in [-0.25, -0.2) is 4.98 Å². The Balaban J connectivity index is 2.54. The highest BCUT2D eigenvalue weighted by molar-refractivity contribution is 5.78. The van der Waals surface area contributed by atoms with Crippen LogP contribution >= 0.6 is 0 Å². The SMILES string of the molecule is Fc1cc(C2=C(C(F)(F)F)C=CC[CH]2)ccn1. The van der Waals surface area contributed by atoms with E-state index in [-0.39, 0.29) is 11.1 Å². The molecule has 0 bridgehead atoms. The van der Waals surface area contributed by atoms with Crippen LogP contribution in [-0.4, -0.2) is 11.2 Å². The van der Waals surface area contributed by atoms with Crippen molar-refractivity contribution in [2.24, 2.45) is 0 Å². The number of nitrogens with zero attached hydrogens (tertiary/aromatic N) is 1. The van der Waals surface area contributed by atoms with Crippen LogP contribution in [0, 0.1) is 12.4 Å². The Morgan fingerprint density at radius 1 is 1.24 bits per heavy atom. The molecular formula is C12H8F4N. The molecule has 1 heterocycles. The Morgan fingerprint density at radius 3 is 2.65 bits per heavy atom. The molecule has 1 aliphatic rings. The maximum atomic E-state index is 12.9. The van der Waals surface area contributed by atoms with Crippen molar-refractivity contribution in [2.45, 2.75) is 12.6 Å². The minimum Gasteiger partial charge on any atom is -0.228 e. The molecule has 1 radical (unpaired) electrons. The molecule has 1 aromatic rings. The summed E-state index contributed by atoms with van der Waals surface area (Å²) in [6, 6.07) is 2.36. The van der Waals surface area contributed by atoms with Crippen LogP contribution in [0.2, 0.25) is 0 Å². The van der Waals surface area contributed by atoms with E-state index in [0.29, 0.717) is 6.42 Å². The van der Waals surface area contributed by atoms with Crippen LogP contribution in [-0.2, 0) is 0 Å². The molecule has 0 N–H and O–H groups in total. The zero-order valence-electron chi connectivity index (χ0n) is 8.63. The summed E-state index contributed by atoms with van der Waals surface area (Å²) in [7, 11) is 0. The van der Waals surface area contributed by atoms with Crippen LogP contribution in [0.3, 0.4) is 0 Å². The van der Waals surface area contributed by atoms with Crippen molar-refractivity contribution in [1.82, 2.24) is 4.98 Å². The standard InChI is InChI=1S/C12H8F4N/c13-11-7-8(5-6-17-11)9-3-1-2-4-10(9)12(14,15)16/h2-7H,1H2. The van der Waals surface area contributed by atoms with Crippen LogP contribution in [0.15, 0.2) is 36.1 Å². The van der Waals surface area contributed by atoms with Gasteiger partial charge in [0.25, 0.3) is 0 Å². The summed E-state index contributed by atoms with van der Waals surface area (Å²) in [5, 5.41) is 0. The lowest BCUT2D eigenvalue weighted by Gasteiger charge is -2.18. The van der Waals surface area contributed by atoms with Crippen molar-refractivity contribution in [3.8, 4) is 0 Å². The number of hydrogen-bond donors (Lipinski definition) is 0. The minimum atomic E-state index is -4.44. The van der Waals surface area contributed by atoms with Crippen molar-refractivity contribution in [2.75, 3.05) is 0 Å². The van der Waals surface area contributed by atoms with Crippen molar-refractivity contribution in [3.05, 3.63) is 54.0 Å². The van der Waals surface area contributed by atoms with Crippen LogP contribution in [0.1, 0.15) is 12.0 Å². The fourth-order valence-corrected chi connectivity index (χ4v) is 1.66. The van der Waals surface area contributed by atoms with Gasteiger partial charge in [-0.3, -0.25) is 0 Å². The number of hydrogen-bond acceptors (Lipinski definition) is 1. The van der Waals surface area contributed by atoms with E-state index in [4.69, 9.17) is 0 Å². The average molecular weight is 242 g/mol. The maximum absolute atomic E-state index is 12.9. The van der Waals surface area contributed by atoms with Crippen molar-refractivity contribution < 1.29 is 17.6 Å². The number of rotatable bonds is 1. The molecule has 0 fully saturated rings. The fraction of sp³-hybridized carbons (Fsp3) is 0.167. The van der Waals surface area contributed by atoms with Gasteiger partial charge < -0.3 is 0 Å². The molecule has 0 aliphatic heterocycles. The molecule has 2 rings (SSSR count). The number of pyridine rings is 1. The highest BCUT2D eigenvalue weighted by Gasteiger charge is 2.35. The van der Waals surface area contributed by atoms with E-state index in [1.807, 2.05) is 0 Å². The van der Waals surface area contributed by atoms with Gasteiger partial charge in [-0.2, -0.15) is 17.6 Å². The second-order valence-electron chi connectivity index (χ2n) is 3.53.